The van der Waals surface area contributed by atoms with Crippen LogP contribution in [0, 0.1) is 0 Å². The number of pyridine rings is 1. The molecule has 0 saturated heterocycles. The summed E-state index contributed by atoms with van der Waals surface area (Å²) in [6.45, 7) is 2.74. The third-order valence-corrected chi connectivity index (χ3v) is 4.44. The summed E-state index contributed by atoms with van der Waals surface area (Å²) in [7, 11) is 0. The summed E-state index contributed by atoms with van der Waals surface area (Å²) in [6, 6.07) is 19.6. The molecule has 0 fully saturated rings. The topological polar surface area (TPSA) is 62.0 Å². The van der Waals surface area contributed by atoms with Crippen LogP contribution in [-0.4, -0.2) is 17.4 Å². The highest BCUT2D eigenvalue weighted by Gasteiger charge is 2.05. The first-order chi connectivity index (χ1) is 12.6. The molecule has 0 radical (unpaired) electrons. The van der Waals surface area contributed by atoms with Gasteiger partial charge in [0.25, 0.3) is 5.56 Å². The summed E-state index contributed by atoms with van der Waals surface area (Å²) in [6.07, 6.45) is 3.83. The number of nitrogens with one attached hydrogen (secondary N) is 2. The van der Waals surface area contributed by atoms with Crippen LogP contribution in [-0.2, 0) is 4.79 Å². The molecule has 0 aliphatic carbocycles. The molecule has 2 aromatic carbocycles. The van der Waals surface area contributed by atoms with Gasteiger partial charge in [-0.15, -0.1) is 0 Å². The van der Waals surface area contributed by atoms with Crippen molar-refractivity contribution in [1.29, 1.82) is 0 Å². The largest absolute Gasteiger partial charge is 0.353 e. The Bertz CT molecular complexity index is 974. The van der Waals surface area contributed by atoms with Gasteiger partial charge in [0.15, 0.2) is 0 Å². The Kier molecular flexibility index (Phi) is 5.64. The molecule has 1 unspecified atom stereocenters. The predicted molar refractivity (Wildman–Crippen MR) is 106 cm³/mol. The van der Waals surface area contributed by atoms with Crippen molar-refractivity contribution in [3.05, 3.63) is 88.2 Å². The first-order valence-electron chi connectivity index (χ1n) is 8.76. The number of H-pyrrole nitrogens is 1. The molecule has 1 amide bonds. The van der Waals surface area contributed by atoms with Gasteiger partial charge in [0, 0.05) is 23.7 Å². The smallest absolute Gasteiger partial charge is 0.255 e. The molecule has 132 valence electrons. The van der Waals surface area contributed by atoms with E-state index in [1.54, 1.807) is 12.1 Å². The number of hydrogen-bond donors (Lipinski definition) is 2. The van der Waals surface area contributed by atoms with Gasteiger partial charge >= 0.3 is 0 Å². The second-order valence-corrected chi connectivity index (χ2v) is 6.37. The van der Waals surface area contributed by atoms with Crippen LogP contribution in [0.25, 0.3) is 17.0 Å². The lowest BCUT2D eigenvalue weighted by atomic mass is 9.98. The van der Waals surface area contributed by atoms with E-state index in [0.29, 0.717) is 18.0 Å². The van der Waals surface area contributed by atoms with Crippen molar-refractivity contribution in [2.24, 2.45) is 0 Å². The van der Waals surface area contributed by atoms with E-state index in [2.05, 4.69) is 29.4 Å². The molecular weight excluding hydrogens is 324 g/mol. The van der Waals surface area contributed by atoms with Gasteiger partial charge < -0.3 is 10.3 Å². The Hall–Kier alpha value is -3.14. The van der Waals surface area contributed by atoms with E-state index in [-0.39, 0.29) is 11.5 Å². The van der Waals surface area contributed by atoms with E-state index >= 15 is 0 Å². The van der Waals surface area contributed by atoms with Gasteiger partial charge in [0.05, 0.1) is 0 Å². The number of aromatic nitrogens is 1. The number of carbonyl (C=O) groups is 1. The molecule has 1 heterocycles. The van der Waals surface area contributed by atoms with Gasteiger partial charge in [-0.25, -0.2) is 0 Å². The molecule has 3 rings (SSSR count). The number of carbonyl (C=O) groups excluding carboxylic acids is 1. The minimum absolute atomic E-state index is 0.196. The maximum absolute atomic E-state index is 12.1. The molecule has 0 saturated carbocycles. The number of aromatic amines is 1. The lowest BCUT2D eigenvalue weighted by Crippen LogP contribution is -2.23. The second kappa shape index (κ2) is 8.30. The van der Waals surface area contributed by atoms with Crippen molar-refractivity contribution in [2.75, 3.05) is 6.54 Å². The number of amides is 1. The van der Waals surface area contributed by atoms with Crippen molar-refractivity contribution < 1.29 is 4.79 Å². The van der Waals surface area contributed by atoms with Crippen LogP contribution in [0.5, 0.6) is 0 Å². The fraction of sp³-hybridized carbons (Fsp3) is 0.182. The van der Waals surface area contributed by atoms with Gasteiger partial charge in [-0.05, 0) is 41.5 Å². The molecule has 3 aromatic rings. The summed E-state index contributed by atoms with van der Waals surface area (Å²) < 4.78 is 0. The average molecular weight is 346 g/mol. The van der Waals surface area contributed by atoms with Crippen molar-refractivity contribution in [2.45, 2.75) is 19.3 Å². The highest BCUT2D eigenvalue weighted by atomic mass is 16.1. The number of fused-ring (bicyclic) bond motifs is 1. The molecule has 0 aliphatic heterocycles. The third kappa shape index (κ3) is 4.48. The molecule has 0 spiro atoms. The van der Waals surface area contributed by atoms with Crippen LogP contribution in [0.3, 0.4) is 0 Å². The van der Waals surface area contributed by atoms with Crippen LogP contribution in [0.4, 0.5) is 0 Å². The number of rotatable bonds is 6. The standard InChI is InChI=1S/C22H22N2O2/c1-16(17-7-3-2-4-8-17)13-14-23-21(25)12-11-19-15-18-9-5-6-10-20(18)24-22(19)26/h2-12,15-16H,13-14H2,1H3,(H,23,25)(H,24,26)/b12-11+. The summed E-state index contributed by atoms with van der Waals surface area (Å²) in [4.78, 5) is 26.9. The summed E-state index contributed by atoms with van der Waals surface area (Å²) in [5.41, 5.74) is 2.32. The van der Waals surface area contributed by atoms with Gasteiger partial charge in [-0.1, -0.05) is 55.5 Å². The van der Waals surface area contributed by atoms with E-state index in [9.17, 15) is 9.59 Å². The third-order valence-electron chi connectivity index (χ3n) is 4.44. The first-order valence-corrected chi connectivity index (χ1v) is 8.76. The molecule has 1 aromatic heterocycles. The quantitative estimate of drug-likeness (QED) is 0.666. The maximum atomic E-state index is 12.1. The monoisotopic (exact) mass is 346 g/mol. The van der Waals surface area contributed by atoms with E-state index in [1.807, 2.05) is 42.5 Å². The van der Waals surface area contributed by atoms with Crippen LogP contribution >= 0.6 is 0 Å². The molecular formula is C22H22N2O2. The summed E-state index contributed by atoms with van der Waals surface area (Å²) in [5, 5.41) is 3.81. The van der Waals surface area contributed by atoms with Crippen LogP contribution < -0.4 is 10.9 Å². The van der Waals surface area contributed by atoms with Gasteiger partial charge in [0.2, 0.25) is 5.91 Å². The number of hydrogen-bond acceptors (Lipinski definition) is 2. The van der Waals surface area contributed by atoms with Crippen LogP contribution in [0.15, 0.2) is 71.5 Å². The molecule has 26 heavy (non-hydrogen) atoms. The SMILES string of the molecule is CC(CCNC(=O)/C=C/c1cc2ccccc2[nH]c1=O)c1ccccc1. The van der Waals surface area contributed by atoms with Crippen molar-refractivity contribution in [3.63, 3.8) is 0 Å². The van der Waals surface area contributed by atoms with Crippen molar-refractivity contribution in [1.82, 2.24) is 10.3 Å². The zero-order valence-corrected chi connectivity index (χ0v) is 14.7. The maximum Gasteiger partial charge on any atom is 0.255 e. The van der Waals surface area contributed by atoms with Gasteiger partial charge in [-0.2, -0.15) is 0 Å². The Morgan fingerprint density at radius 1 is 1.12 bits per heavy atom. The normalized spacial score (nSPS) is 12.3. The molecule has 0 bridgehead atoms. The number of para-hydroxylation sites is 1. The fourth-order valence-electron chi connectivity index (χ4n) is 2.87. The minimum Gasteiger partial charge on any atom is -0.353 e. The highest BCUT2D eigenvalue weighted by Crippen LogP contribution is 2.17. The van der Waals surface area contributed by atoms with Gasteiger partial charge in [0.1, 0.15) is 0 Å². The molecule has 4 nitrogen and oxygen atoms in total. The minimum atomic E-state index is -0.203. The van der Waals surface area contributed by atoms with E-state index in [4.69, 9.17) is 0 Å². The van der Waals surface area contributed by atoms with E-state index < -0.39 is 0 Å². The molecule has 1 atom stereocenters. The Morgan fingerprint density at radius 3 is 2.65 bits per heavy atom. The molecule has 0 aliphatic rings. The Balaban J connectivity index is 1.56. The van der Waals surface area contributed by atoms with E-state index in [0.717, 1.165) is 17.3 Å². The summed E-state index contributed by atoms with van der Waals surface area (Å²) in [5.74, 6) is 0.182. The molecule has 4 heteroatoms. The zero-order valence-electron chi connectivity index (χ0n) is 14.7. The first kappa shape index (κ1) is 17.7. The second-order valence-electron chi connectivity index (χ2n) is 6.37. The van der Waals surface area contributed by atoms with Crippen LogP contribution in [0.2, 0.25) is 0 Å². The van der Waals surface area contributed by atoms with Crippen molar-refractivity contribution in [3.8, 4) is 0 Å². The fourth-order valence-corrected chi connectivity index (χ4v) is 2.87. The van der Waals surface area contributed by atoms with Crippen molar-refractivity contribution >= 4 is 22.9 Å². The number of benzene rings is 2. The van der Waals surface area contributed by atoms with Gasteiger partial charge in [-0.3, -0.25) is 9.59 Å². The van der Waals surface area contributed by atoms with E-state index in [1.165, 1.54) is 11.6 Å². The lowest BCUT2D eigenvalue weighted by Gasteiger charge is -2.11. The Morgan fingerprint density at radius 2 is 1.85 bits per heavy atom. The Labute approximate surface area is 152 Å². The molecule has 2 N–H and O–H groups in total. The average Bonchev–Trinajstić information content (AvgIpc) is 2.67. The summed E-state index contributed by atoms with van der Waals surface area (Å²) >= 11 is 0. The zero-order chi connectivity index (χ0) is 18.4. The van der Waals surface area contributed by atoms with Crippen LogP contribution in [0.1, 0.15) is 30.4 Å². The lowest BCUT2D eigenvalue weighted by molar-refractivity contribution is -0.116. The predicted octanol–water partition coefficient (Wildman–Crippen LogP) is 3.85. The highest BCUT2D eigenvalue weighted by molar-refractivity contribution is 5.92.